The molecule has 0 saturated carbocycles. The third-order valence-corrected chi connectivity index (χ3v) is 4.08. The fourth-order valence-electron chi connectivity index (χ4n) is 2.22. The molecule has 106 valence electrons. The van der Waals surface area contributed by atoms with Crippen molar-refractivity contribution in [3.8, 4) is 5.75 Å². The number of nitrogens with one attached hydrogen (secondary N) is 1. The largest absolute Gasteiger partial charge is 0.489 e. The van der Waals surface area contributed by atoms with Gasteiger partial charge in [-0.25, -0.2) is 0 Å². The van der Waals surface area contributed by atoms with Crippen LogP contribution in [0.25, 0.3) is 0 Å². The third-order valence-electron chi connectivity index (χ3n) is 3.36. The molecular weight excluding hydrogens is 361 g/mol. The number of hydrogen-bond acceptors (Lipinski definition) is 2. The monoisotopic (exact) mass is 381 g/mol. The SMILES string of the molecule is CCC(NC)c1ccccc1OCc1ccc(I)cc1. The van der Waals surface area contributed by atoms with Crippen LogP contribution >= 0.6 is 22.6 Å². The molecule has 2 aromatic carbocycles. The Balaban J connectivity index is 2.11. The van der Waals surface area contributed by atoms with E-state index in [1.165, 1.54) is 14.7 Å². The molecule has 20 heavy (non-hydrogen) atoms. The van der Waals surface area contributed by atoms with Crippen LogP contribution in [-0.4, -0.2) is 7.05 Å². The lowest BCUT2D eigenvalue weighted by Crippen LogP contribution is -2.16. The summed E-state index contributed by atoms with van der Waals surface area (Å²) in [6.45, 7) is 2.78. The molecule has 0 radical (unpaired) electrons. The van der Waals surface area contributed by atoms with Crippen LogP contribution < -0.4 is 10.1 Å². The second kappa shape index (κ2) is 7.64. The maximum absolute atomic E-state index is 6.01. The highest BCUT2D eigenvalue weighted by atomic mass is 127. The molecule has 1 N–H and O–H groups in total. The van der Waals surface area contributed by atoms with Gasteiger partial charge in [0.05, 0.1) is 0 Å². The average Bonchev–Trinajstić information content (AvgIpc) is 2.49. The first-order chi connectivity index (χ1) is 9.74. The molecule has 0 aliphatic rings. The van der Waals surface area contributed by atoms with Gasteiger partial charge in [-0.3, -0.25) is 0 Å². The summed E-state index contributed by atoms with van der Waals surface area (Å²) in [6.07, 6.45) is 1.04. The Morgan fingerprint density at radius 3 is 2.45 bits per heavy atom. The molecular formula is C17H20INO. The van der Waals surface area contributed by atoms with Crippen LogP contribution in [-0.2, 0) is 6.61 Å². The van der Waals surface area contributed by atoms with E-state index in [2.05, 4.69) is 71.2 Å². The number of para-hydroxylation sites is 1. The van der Waals surface area contributed by atoms with E-state index in [-0.39, 0.29) is 0 Å². The van der Waals surface area contributed by atoms with E-state index in [9.17, 15) is 0 Å². The minimum absolute atomic E-state index is 0.336. The van der Waals surface area contributed by atoms with Crippen molar-refractivity contribution in [1.82, 2.24) is 5.32 Å². The average molecular weight is 381 g/mol. The van der Waals surface area contributed by atoms with E-state index in [4.69, 9.17) is 4.74 Å². The molecule has 3 heteroatoms. The minimum Gasteiger partial charge on any atom is -0.489 e. The molecule has 2 aromatic rings. The summed E-state index contributed by atoms with van der Waals surface area (Å²) in [5.41, 5.74) is 2.42. The van der Waals surface area contributed by atoms with Crippen molar-refractivity contribution < 1.29 is 4.74 Å². The molecule has 0 aliphatic heterocycles. The molecule has 1 unspecified atom stereocenters. The van der Waals surface area contributed by atoms with Crippen molar-refractivity contribution in [2.75, 3.05) is 7.05 Å². The summed E-state index contributed by atoms with van der Waals surface area (Å²) < 4.78 is 7.25. The van der Waals surface area contributed by atoms with E-state index in [1.807, 2.05) is 19.2 Å². The number of benzene rings is 2. The molecule has 0 heterocycles. The standard InChI is InChI=1S/C17H20INO/c1-3-16(19-2)15-6-4-5-7-17(15)20-12-13-8-10-14(18)11-9-13/h4-11,16,19H,3,12H2,1-2H3. The van der Waals surface area contributed by atoms with Crippen LogP contribution in [0.15, 0.2) is 48.5 Å². The topological polar surface area (TPSA) is 21.3 Å². The molecule has 2 nitrogen and oxygen atoms in total. The fraction of sp³-hybridized carbons (Fsp3) is 0.294. The molecule has 0 saturated heterocycles. The van der Waals surface area contributed by atoms with E-state index < -0.39 is 0 Å². The van der Waals surface area contributed by atoms with E-state index in [0.717, 1.165) is 12.2 Å². The summed E-state index contributed by atoms with van der Waals surface area (Å²) in [5.74, 6) is 0.965. The Morgan fingerprint density at radius 2 is 1.80 bits per heavy atom. The molecule has 0 aromatic heterocycles. The lowest BCUT2D eigenvalue weighted by molar-refractivity contribution is 0.299. The highest BCUT2D eigenvalue weighted by molar-refractivity contribution is 14.1. The second-order valence-electron chi connectivity index (χ2n) is 4.70. The van der Waals surface area contributed by atoms with Gasteiger partial charge >= 0.3 is 0 Å². The molecule has 0 fully saturated rings. The maximum Gasteiger partial charge on any atom is 0.124 e. The van der Waals surface area contributed by atoms with Crippen LogP contribution in [0.4, 0.5) is 0 Å². The smallest absolute Gasteiger partial charge is 0.124 e. The van der Waals surface area contributed by atoms with Crippen LogP contribution in [0.3, 0.4) is 0 Å². The van der Waals surface area contributed by atoms with Crippen molar-refractivity contribution in [1.29, 1.82) is 0 Å². The summed E-state index contributed by atoms with van der Waals surface area (Å²) in [6, 6.07) is 17.0. The van der Waals surface area contributed by atoms with Crippen LogP contribution in [0.5, 0.6) is 5.75 Å². The predicted octanol–water partition coefficient (Wildman–Crippen LogP) is 4.54. The maximum atomic E-state index is 6.01. The Hall–Kier alpha value is -1.07. The van der Waals surface area contributed by atoms with Gasteiger partial charge in [-0.05, 0) is 59.8 Å². The lowest BCUT2D eigenvalue weighted by atomic mass is 10.0. The summed E-state index contributed by atoms with van der Waals surface area (Å²) in [5, 5.41) is 3.33. The molecule has 0 spiro atoms. The summed E-state index contributed by atoms with van der Waals surface area (Å²) in [4.78, 5) is 0. The Labute approximate surface area is 134 Å². The van der Waals surface area contributed by atoms with Gasteiger partial charge in [0.25, 0.3) is 0 Å². The Morgan fingerprint density at radius 1 is 1.10 bits per heavy atom. The second-order valence-corrected chi connectivity index (χ2v) is 5.95. The minimum atomic E-state index is 0.336. The fourth-order valence-corrected chi connectivity index (χ4v) is 2.58. The van der Waals surface area contributed by atoms with E-state index >= 15 is 0 Å². The summed E-state index contributed by atoms with van der Waals surface area (Å²) in [7, 11) is 1.99. The van der Waals surface area contributed by atoms with Crippen LogP contribution in [0.1, 0.15) is 30.5 Å². The molecule has 0 bridgehead atoms. The van der Waals surface area contributed by atoms with Gasteiger partial charge in [-0.15, -0.1) is 0 Å². The van der Waals surface area contributed by atoms with Gasteiger partial charge in [0, 0.05) is 15.2 Å². The first-order valence-corrected chi connectivity index (χ1v) is 7.96. The number of ether oxygens (including phenoxy) is 1. The zero-order valence-corrected chi connectivity index (χ0v) is 14.1. The number of rotatable bonds is 6. The molecule has 2 rings (SSSR count). The van der Waals surface area contributed by atoms with Gasteiger partial charge in [0.15, 0.2) is 0 Å². The normalized spacial score (nSPS) is 12.2. The van der Waals surface area contributed by atoms with Gasteiger partial charge in [0.2, 0.25) is 0 Å². The zero-order chi connectivity index (χ0) is 14.4. The summed E-state index contributed by atoms with van der Waals surface area (Å²) >= 11 is 2.31. The van der Waals surface area contributed by atoms with Crippen LogP contribution in [0.2, 0.25) is 0 Å². The highest BCUT2D eigenvalue weighted by Gasteiger charge is 2.12. The Bertz CT molecular complexity index is 535. The van der Waals surface area contributed by atoms with Crippen molar-refractivity contribution in [3.05, 3.63) is 63.2 Å². The van der Waals surface area contributed by atoms with Gasteiger partial charge < -0.3 is 10.1 Å². The van der Waals surface area contributed by atoms with Gasteiger partial charge in [-0.1, -0.05) is 37.3 Å². The van der Waals surface area contributed by atoms with Crippen LogP contribution in [0, 0.1) is 3.57 Å². The van der Waals surface area contributed by atoms with Crippen molar-refractivity contribution in [2.24, 2.45) is 0 Å². The highest BCUT2D eigenvalue weighted by Crippen LogP contribution is 2.27. The molecule has 0 aliphatic carbocycles. The van der Waals surface area contributed by atoms with Crippen molar-refractivity contribution in [3.63, 3.8) is 0 Å². The van der Waals surface area contributed by atoms with E-state index in [0.29, 0.717) is 12.6 Å². The first-order valence-electron chi connectivity index (χ1n) is 6.88. The van der Waals surface area contributed by atoms with Crippen molar-refractivity contribution in [2.45, 2.75) is 26.0 Å². The Kier molecular flexibility index (Phi) is 5.86. The first kappa shape index (κ1) is 15.3. The molecule has 0 amide bonds. The van der Waals surface area contributed by atoms with Crippen molar-refractivity contribution >= 4 is 22.6 Å². The van der Waals surface area contributed by atoms with Gasteiger partial charge in [0.1, 0.15) is 12.4 Å². The lowest BCUT2D eigenvalue weighted by Gasteiger charge is -2.18. The predicted molar refractivity (Wildman–Crippen MR) is 92.0 cm³/mol. The number of hydrogen-bond donors (Lipinski definition) is 1. The molecule has 1 atom stereocenters. The van der Waals surface area contributed by atoms with Gasteiger partial charge in [-0.2, -0.15) is 0 Å². The zero-order valence-electron chi connectivity index (χ0n) is 11.9. The third kappa shape index (κ3) is 3.96. The van der Waals surface area contributed by atoms with E-state index in [1.54, 1.807) is 0 Å². The number of halogens is 1. The quantitative estimate of drug-likeness (QED) is 0.742.